The summed E-state index contributed by atoms with van der Waals surface area (Å²) in [5.41, 5.74) is 2.29. The molecule has 0 amide bonds. The summed E-state index contributed by atoms with van der Waals surface area (Å²) in [6.07, 6.45) is 2.73. The molecule has 3 N–H and O–H groups in total. The van der Waals surface area contributed by atoms with Crippen molar-refractivity contribution in [1.82, 2.24) is 19.5 Å². The van der Waals surface area contributed by atoms with E-state index in [-0.39, 0.29) is 12.7 Å². The zero-order chi connectivity index (χ0) is 20.4. The molecule has 4 rings (SSSR count). The van der Waals surface area contributed by atoms with E-state index in [1.165, 1.54) is 6.33 Å². The molecule has 1 aliphatic carbocycles. The number of aliphatic hydroxyl groups excluding tert-OH is 1. The first-order valence-corrected chi connectivity index (χ1v) is 10.6. The molecule has 1 fully saturated rings. The molecular weight excluding hydrogens is 398 g/mol. The summed E-state index contributed by atoms with van der Waals surface area (Å²) in [6.45, 7) is 0.424. The van der Waals surface area contributed by atoms with Crippen molar-refractivity contribution < 1.29 is 22.4 Å². The van der Waals surface area contributed by atoms with E-state index in [1.54, 1.807) is 6.33 Å². The van der Waals surface area contributed by atoms with Crippen molar-refractivity contribution in [2.24, 2.45) is 11.1 Å². The van der Waals surface area contributed by atoms with Crippen LogP contribution < -0.4 is 9.88 Å². The van der Waals surface area contributed by atoms with Crippen LogP contribution in [0.1, 0.15) is 18.4 Å². The van der Waals surface area contributed by atoms with Crippen LogP contribution in [-0.2, 0) is 21.0 Å². The van der Waals surface area contributed by atoms with Crippen molar-refractivity contribution in [2.45, 2.75) is 31.6 Å². The number of nitrogens with two attached hydrogens (primary N) is 1. The lowest BCUT2D eigenvalue weighted by molar-refractivity contribution is 0.0986. The third-order valence-corrected chi connectivity index (χ3v) is 5.37. The van der Waals surface area contributed by atoms with Gasteiger partial charge in [-0.15, -0.1) is 0 Å². The van der Waals surface area contributed by atoms with Crippen LogP contribution in [0.5, 0.6) is 5.88 Å². The average Bonchev–Trinajstić information content (AvgIpc) is 3.24. The lowest BCUT2D eigenvalue weighted by Crippen LogP contribution is -2.24. The highest BCUT2D eigenvalue weighted by atomic mass is 32.2. The third kappa shape index (κ3) is 4.70. The average molecular weight is 419 g/mol. The zero-order valence-corrected chi connectivity index (χ0v) is 16.3. The molecule has 0 aliphatic heterocycles. The summed E-state index contributed by atoms with van der Waals surface area (Å²) in [5.74, 6) is -0.0710. The first-order chi connectivity index (χ1) is 13.9. The molecule has 0 spiro atoms. The Kier molecular flexibility index (Phi) is 5.46. The lowest BCUT2D eigenvalue weighted by atomic mass is 10.1. The van der Waals surface area contributed by atoms with Crippen LogP contribution in [0.25, 0.3) is 11.2 Å². The molecule has 3 aromatic rings. The molecule has 0 bridgehead atoms. The summed E-state index contributed by atoms with van der Waals surface area (Å²) in [4.78, 5) is 12.9. The number of nitrogens with zero attached hydrogens (tertiary/aromatic N) is 4. The minimum absolute atomic E-state index is 0.190. The van der Waals surface area contributed by atoms with Gasteiger partial charge in [0.15, 0.2) is 11.2 Å². The molecule has 3 atom stereocenters. The highest BCUT2D eigenvalue weighted by Crippen LogP contribution is 2.31. The Morgan fingerprint density at radius 2 is 1.97 bits per heavy atom. The molecule has 2 heterocycles. The third-order valence-electron chi connectivity index (χ3n) is 4.90. The van der Waals surface area contributed by atoms with E-state index in [2.05, 4.69) is 19.1 Å². The van der Waals surface area contributed by atoms with Crippen LogP contribution >= 0.6 is 0 Å². The predicted octanol–water partition coefficient (Wildman–Crippen LogP) is 0.613. The van der Waals surface area contributed by atoms with Crippen molar-refractivity contribution in [2.75, 3.05) is 6.61 Å². The quantitative estimate of drug-likeness (QED) is 0.567. The van der Waals surface area contributed by atoms with Gasteiger partial charge in [0.05, 0.1) is 25.6 Å². The molecule has 0 radical (unpaired) electrons. The summed E-state index contributed by atoms with van der Waals surface area (Å²) < 4.78 is 34.4. The zero-order valence-electron chi connectivity index (χ0n) is 15.5. The van der Waals surface area contributed by atoms with Crippen molar-refractivity contribution >= 4 is 21.5 Å². The van der Waals surface area contributed by atoms with E-state index < -0.39 is 22.3 Å². The largest absolute Gasteiger partial charge is 0.473 e. The Hall–Kier alpha value is -2.60. The van der Waals surface area contributed by atoms with Gasteiger partial charge >= 0.3 is 10.3 Å². The van der Waals surface area contributed by atoms with Gasteiger partial charge in [-0.1, -0.05) is 30.3 Å². The summed E-state index contributed by atoms with van der Waals surface area (Å²) >= 11 is 0. The first-order valence-electron chi connectivity index (χ1n) is 9.10. The minimum Gasteiger partial charge on any atom is -0.473 e. The maximum absolute atomic E-state index is 11.0. The van der Waals surface area contributed by atoms with Crippen LogP contribution in [0.3, 0.4) is 0 Å². The molecular formula is C18H21N5O5S. The summed E-state index contributed by atoms with van der Waals surface area (Å²) in [7, 11) is -4.05. The molecule has 1 saturated carbocycles. The van der Waals surface area contributed by atoms with Crippen molar-refractivity contribution in [1.29, 1.82) is 0 Å². The molecule has 10 nitrogen and oxygen atoms in total. The Labute approximate surface area is 167 Å². The second kappa shape index (κ2) is 8.03. The van der Waals surface area contributed by atoms with Crippen molar-refractivity contribution in [3.05, 3.63) is 48.5 Å². The number of aromatic nitrogens is 4. The maximum Gasteiger partial charge on any atom is 0.333 e. The van der Waals surface area contributed by atoms with Gasteiger partial charge < -0.3 is 14.4 Å². The van der Waals surface area contributed by atoms with Crippen LogP contribution in [0.15, 0.2) is 43.0 Å². The number of benzene rings is 1. The standard InChI is InChI=1S/C18H21N5O5S/c19-29(25,26)27-9-13-6-14(7-15(13)24)28-18-16-17(20-10-21-18)23(11-22-16)8-12-4-2-1-3-5-12/h1-5,10-11,13-15,24H,6-9H2,(H2,19,25,26)/t13-,14+,15-/m0/s1. The number of ether oxygens (including phenoxy) is 1. The van der Waals surface area contributed by atoms with Crippen LogP contribution in [-0.4, -0.2) is 51.9 Å². The summed E-state index contributed by atoms with van der Waals surface area (Å²) in [5, 5.41) is 15.0. The smallest absolute Gasteiger partial charge is 0.333 e. The second-order valence-corrected chi connectivity index (χ2v) is 8.25. The highest BCUT2D eigenvalue weighted by Gasteiger charge is 2.36. The lowest BCUT2D eigenvalue weighted by Gasteiger charge is -2.13. The van der Waals surface area contributed by atoms with Crippen LogP contribution in [0.2, 0.25) is 0 Å². The number of imidazole rings is 1. The van der Waals surface area contributed by atoms with Gasteiger partial charge in [-0.05, 0) is 12.0 Å². The number of fused-ring (bicyclic) bond motifs is 1. The Morgan fingerprint density at radius 1 is 1.17 bits per heavy atom. The van der Waals surface area contributed by atoms with Crippen LogP contribution in [0, 0.1) is 5.92 Å². The number of hydrogen-bond acceptors (Lipinski definition) is 8. The second-order valence-electron chi connectivity index (χ2n) is 7.03. The summed E-state index contributed by atoms with van der Waals surface area (Å²) in [6, 6.07) is 9.95. The topological polar surface area (TPSA) is 142 Å². The molecule has 0 saturated heterocycles. The van der Waals surface area contributed by atoms with Gasteiger partial charge in [-0.3, -0.25) is 4.18 Å². The Balaban J connectivity index is 1.47. The van der Waals surface area contributed by atoms with Gasteiger partial charge in [0, 0.05) is 12.3 Å². The molecule has 154 valence electrons. The van der Waals surface area contributed by atoms with E-state index in [1.807, 2.05) is 34.9 Å². The fourth-order valence-electron chi connectivity index (χ4n) is 3.51. The minimum atomic E-state index is -4.05. The Morgan fingerprint density at radius 3 is 2.72 bits per heavy atom. The van der Waals surface area contributed by atoms with Crippen molar-refractivity contribution in [3.8, 4) is 5.88 Å². The Bertz CT molecular complexity index is 1090. The number of aliphatic hydroxyl groups is 1. The van der Waals surface area contributed by atoms with E-state index in [9.17, 15) is 13.5 Å². The molecule has 1 aliphatic rings. The van der Waals surface area contributed by atoms with Gasteiger partial charge in [0.1, 0.15) is 12.4 Å². The van der Waals surface area contributed by atoms with E-state index in [4.69, 9.17) is 9.88 Å². The number of rotatable bonds is 7. The molecule has 11 heteroatoms. The fraction of sp³-hybridized carbons (Fsp3) is 0.389. The van der Waals surface area contributed by atoms with Gasteiger partial charge in [0.25, 0.3) is 0 Å². The van der Waals surface area contributed by atoms with E-state index in [0.29, 0.717) is 36.4 Å². The van der Waals surface area contributed by atoms with E-state index in [0.717, 1.165) is 5.56 Å². The SMILES string of the molecule is NS(=O)(=O)OC[C@@H]1C[C@@H](Oc2ncnc3c2ncn3Cc2ccccc2)C[C@@H]1O. The van der Waals surface area contributed by atoms with Gasteiger partial charge in [0.2, 0.25) is 5.88 Å². The highest BCUT2D eigenvalue weighted by molar-refractivity contribution is 7.84. The number of hydrogen-bond donors (Lipinski definition) is 2. The fourth-order valence-corrected chi connectivity index (χ4v) is 3.87. The molecule has 29 heavy (non-hydrogen) atoms. The van der Waals surface area contributed by atoms with Crippen LogP contribution in [0.4, 0.5) is 0 Å². The normalized spacial score (nSPS) is 22.2. The molecule has 2 aromatic heterocycles. The molecule has 0 unspecified atom stereocenters. The maximum atomic E-state index is 11.0. The van der Waals surface area contributed by atoms with E-state index >= 15 is 0 Å². The van der Waals surface area contributed by atoms with Gasteiger partial charge in [-0.25, -0.2) is 15.1 Å². The van der Waals surface area contributed by atoms with Crippen molar-refractivity contribution in [3.63, 3.8) is 0 Å². The van der Waals surface area contributed by atoms with Gasteiger partial charge in [-0.2, -0.15) is 13.4 Å². The molecule has 1 aromatic carbocycles. The predicted molar refractivity (Wildman–Crippen MR) is 103 cm³/mol. The monoisotopic (exact) mass is 419 g/mol. The first kappa shape index (κ1) is 19.7.